The van der Waals surface area contributed by atoms with E-state index in [-0.39, 0.29) is 17.1 Å². The van der Waals surface area contributed by atoms with Gasteiger partial charge in [-0.1, -0.05) is 6.07 Å². The van der Waals surface area contributed by atoms with Crippen LogP contribution in [0.25, 0.3) is 11.0 Å². The van der Waals surface area contributed by atoms with Gasteiger partial charge in [0.15, 0.2) is 5.65 Å². The summed E-state index contributed by atoms with van der Waals surface area (Å²) in [6.07, 6.45) is 1.24. The van der Waals surface area contributed by atoms with E-state index >= 15 is 0 Å². The molecule has 0 saturated heterocycles. The first-order chi connectivity index (χ1) is 11.8. The van der Waals surface area contributed by atoms with Crippen molar-refractivity contribution in [3.63, 3.8) is 0 Å². The van der Waals surface area contributed by atoms with Crippen LogP contribution in [0.5, 0.6) is 0 Å². The van der Waals surface area contributed by atoms with Gasteiger partial charge in [-0.15, -0.1) is 0 Å². The highest BCUT2D eigenvalue weighted by Gasteiger charge is 2.26. The Morgan fingerprint density at radius 3 is 2.76 bits per heavy atom. The summed E-state index contributed by atoms with van der Waals surface area (Å²) in [5.74, 6) is -0.563. The van der Waals surface area contributed by atoms with E-state index in [0.29, 0.717) is 16.7 Å². The maximum absolute atomic E-state index is 13.5. The molecule has 0 saturated carbocycles. The van der Waals surface area contributed by atoms with E-state index in [1.165, 1.54) is 30.5 Å². The Labute approximate surface area is 144 Å². The summed E-state index contributed by atoms with van der Waals surface area (Å²) in [6, 6.07) is 6.70. The van der Waals surface area contributed by atoms with Gasteiger partial charge in [-0.2, -0.15) is 5.10 Å². The van der Waals surface area contributed by atoms with Crippen LogP contribution in [0.1, 0.15) is 5.69 Å². The quantitative estimate of drug-likeness (QED) is 0.743. The van der Waals surface area contributed by atoms with E-state index < -0.39 is 22.4 Å². The highest BCUT2D eigenvalue weighted by molar-refractivity contribution is 7.92. The smallest absolute Gasteiger partial charge is 0.265 e. The third-order valence-corrected chi connectivity index (χ3v) is 5.62. The molecule has 3 aromatic rings. The standard InChI is InChI=1S/C16H17FN4O3S/c1-11-15-9-14(10-18-16(15)20(2)19-11)25(23,24)21(6-7-22)13-5-3-4-12(17)8-13/h3-5,8-10,22H,6-7H2,1-2H3. The molecule has 0 amide bonds. The van der Waals surface area contributed by atoms with Gasteiger partial charge >= 0.3 is 0 Å². The number of fused-ring (bicyclic) bond motifs is 1. The normalized spacial score (nSPS) is 11.8. The summed E-state index contributed by atoms with van der Waals surface area (Å²) >= 11 is 0. The molecule has 0 radical (unpaired) electrons. The van der Waals surface area contributed by atoms with Gasteiger partial charge in [-0.25, -0.2) is 17.8 Å². The number of pyridine rings is 1. The molecule has 0 aliphatic carbocycles. The van der Waals surface area contributed by atoms with Crippen LogP contribution in [0.4, 0.5) is 10.1 Å². The number of aliphatic hydroxyl groups excluding tert-OH is 1. The second-order valence-electron chi connectivity index (χ2n) is 5.53. The van der Waals surface area contributed by atoms with Gasteiger partial charge < -0.3 is 5.11 Å². The maximum Gasteiger partial charge on any atom is 0.265 e. The van der Waals surface area contributed by atoms with Gasteiger partial charge in [0.05, 0.1) is 24.5 Å². The van der Waals surface area contributed by atoms with E-state index in [9.17, 15) is 17.9 Å². The Bertz CT molecular complexity index is 1030. The molecule has 0 unspecified atom stereocenters. The number of benzene rings is 1. The summed E-state index contributed by atoms with van der Waals surface area (Å²) in [7, 11) is -2.30. The van der Waals surface area contributed by atoms with Crippen molar-refractivity contribution in [1.29, 1.82) is 0 Å². The zero-order valence-electron chi connectivity index (χ0n) is 13.7. The molecule has 0 fully saturated rings. The molecule has 0 spiro atoms. The SMILES string of the molecule is Cc1nn(C)c2ncc(S(=O)(=O)N(CCO)c3cccc(F)c3)cc12. The van der Waals surface area contributed by atoms with Gasteiger partial charge in [0.2, 0.25) is 0 Å². The molecule has 1 aromatic carbocycles. The monoisotopic (exact) mass is 364 g/mol. The summed E-state index contributed by atoms with van der Waals surface area (Å²) in [4.78, 5) is 4.13. The number of rotatable bonds is 5. The minimum absolute atomic E-state index is 0.0474. The maximum atomic E-state index is 13.5. The topological polar surface area (TPSA) is 88.3 Å². The zero-order valence-corrected chi connectivity index (χ0v) is 14.5. The third-order valence-electron chi connectivity index (χ3n) is 3.83. The number of hydrogen-bond donors (Lipinski definition) is 1. The predicted molar refractivity (Wildman–Crippen MR) is 91.3 cm³/mol. The molecule has 9 heteroatoms. The largest absolute Gasteiger partial charge is 0.394 e. The molecule has 25 heavy (non-hydrogen) atoms. The van der Waals surface area contributed by atoms with Crippen molar-refractivity contribution in [1.82, 2.24) is 14.8 Å². The lowest BCUT2D eigenvalue weighted by atomic mass is 10.3. The lowest BCUT2D eigenvalue weighted by Crippen LogP contribution is -2.33. The molecule has 2 heterocycles. The molecule has 132 valence electrons. The van der Waals surface area contributed by atoms with E-state index in [2.05, 4.69) is 10.1 Å². The predicted octanol–water partition coefficient (Wildman–Crippen LogP) is 1.60. The van der Waals surface area contributed by atoms with Gasteiger partial charge in [0.1, 0.15) is 10.7 Å². The number of aliphatic hydroxyl groups is 1. The molecular weight excluding hydrogens is 347 g/mol. The molecule has 2 aromatic heterocycles. The second kappa shape index (κ2) is 6.41. The fraction of sp³-hybridized carbons (Fsp3) is 0.250. The highest BCUT2D eigenvalue weighted by atomic mass is 32.2. The Balaban J connectivity index is 2.13. The van der Waals surface area contributed by atoms with Crippen LogP contribution >= 0.6 is 0 Å². The number of anilines is 1. The highest BCUT2D eigenvalue weighted by Crippen LogP contribution is 2.26. The molecule has 1 N–H and O–H groups in total. The Hall–Kier alpha value is -2.52. The van der Waals surface area contributed by atoms with Crippen LogP contribution in [0.3, 0.4) is 0 Å². The van der Waals surface area contributed by atoms with Crippen LogP contribution in [-0.2, 0) is 17.1 Å². The summed E-state index contributed by atoms with van der Waals surface area (Å²) in [5, 5.41) is 14.1. The lowest BCUT2D eigenvalue weighted by Gasteiger charge is -2.23. The fourth-order valence-corrected chi connectivity index (χ4v) is 4.09. The molecule has 0 bridgehead atoms. The molecule has 0 atom stereocenters. The zero-order chi connectivity index (χ0) is 18.2. The number of aryl methyl sites for hydroxylation is 2. The molecule has 0 aliphatic heterocycles. The van der Waals surface area contributed by atoms with Crippen molar-refractivity contribution in [3.05, 3.63) is 48.0 Å². The average Bonchev–Trinajstić information content (AvgIpc) is 2.86. The van der Waals surface area contributed by atoms with Gasteiger partial charge in [0.25, 0.3) is 10.0 Å². The van der Waals surface area contributed by atoms with Gasteiger partial charge in [-0.3, -0.25) is 8.99 Å². The van der Waals surface area contributed by atoms with Crippen LogP contribution < -0.4 is 4.31 Å². The number of hydrogen-bond acceptors (Lipinski definition) is 5. The van der Waals surface area contributed by atoms with Crippen molar-refractivity contribution in [3.8, 4) is 0 Å². The Morgan fingerprint density at radius 2 is 2.08 bits per heavy atom. The first-order valence-corrected chi connectivity index (χ1v) is 8.97. The van der Waals surface area contributed by atoms with E-state index in [4.69, 9.17) is 0 Å². The van der Waals surface area contributed by atoms with Gasteiger partial charge in [-0.05, 0) is 31.2 Å². The lowest BCUT2D eigenvalue weighted by molar-refractivity contribution is 0.306. The van der Waals surface area contributed by atoms with E-state index in [1.807, 2.05) is 0 Å². The Kier molecular flexibility index (Phi) is 4.44. The van der Waals surface area contributed by atoms with Crippen molar-refractivity contribution in [2.75, 3.05) is 17.5 Å². The molecule has 0 aliphatic rings. The fourth-order valence-electron chi connectivity index (χ4n) is 2.67. The molecule has 7 nitrogen and oxygen atoms in total. The minimum Gasteiger partial charge on any atom is -0.394 e. The van der Waals surface area contributed by atoms with Crippen LogP contribution in [0, 0.1) is 12.7 Å². The van der Waals surface area contributed by atoms with E-state index in [1.54, 1.807) is 18.7 Å². The number of aromatic nitrogens is 3. The first-order valence-electron chi connectivity index (χ1n) is 7.53. The number of halogens is 1. The summed E-state index contributed by atoms with van der Waals surface area (Å²) in [5.41, 5.74) is 1.36. The molecular formula is C16H17FN4O3S. The third kappa shape index (κ3) is 3.08. The van der Waals surface area contributed by atoms with Crippen molar-refractivity contribution < 1.29 is 17.9 Å². The van der Waals surface area contributed by atoms with Crippen LogP contribution in [-0.4, -0.2) is 41.4 Å². The summed E-state index contributed by atoms with van der Waals surface area (Å²) < 4.78 is 42.1. The van der Waals surface area contributed by atoms with Crippen molar-refractivity contribution in [2.45, 2.75) is 11.8 Å². The van der Waals surface area contributed by atoms with Crippen molar-refractivity contribution in [2.24, 2.45) is 7.05 Å². The first kappa shape index (κ1) is 17.3. The average molecular weight is 364 g/mol. The Morgan fingerprint density at radius 1 is 1.32 bits per heavy atom. The van der Waals surface area contributed by atoms with Crippen molar-refractivity contribution >= 4 is 26.7 Å². The molecule has 3 rings (SSSR count). The number of sulfonamides is 1. The summed E-state index contributed by atoms with van der Waals surface area (Å²) in [6.45, 7) is 1.16. The van der Waals surface area contributed by atoms with E-state index in [0.717, 1.165) is 10.4 Å². The van der Waals surface area contributed by atoms with Crippen LogP contribution in [0.2, 0.25) is 0 Å². The number of nitrogens with zero attached hydrogens (tertiary/aromatic N) is 4. The van der Waals surface area contributed by atoms with Gasteiger partial charge in [0, 0.05) is 18.6 Å². The second-order valence-corrected chi connectivity index (χ2v) is 7.39. The van der Waals surface area contributed by atoms with Crippen LogP contribution in [0.15, 0.2) is 41.4 Å². The minimum atomic E-state index is -4.02.